The fourth-order valence-electron chi connectivity index (χ4n) is 1.83. The molecule has 1 saturated carbocycles. The van der Waals surface area contributed by atoms with E-state index in [1.165, 1.54) is 11.3 Å². The first-order valence-electron chi connectivity index (χ1n) is 6.21. The zero-order chi connectivity index (χ0) is 13.2. The maximum absolute atomic E-state index is 11.8. The van der Waals surface area contributed by atoms with Crippen LogP contribution in [-0.4, -0.2) is 17.6 Å². The largest absolute Gasteiger partial charge is 0.360 e. The number of thiophene rings is 1. The molecule has 2 aromatic heterocycles. The number of nitrogens with zero attached hydrogens (tertiary/aromatic N) is 1. The van der Waals surface area contributed by atoms with Crippen LogP contribution < -0.4 is 5.32 Å². The Balaban J connectivity index is 1.50. The SMILES string of the molecule is O=C(NCCc1ccc(Cl)s1)c1cc(C2CC2)on1. The number of rotatable bonds is 5. The summed E-state index contributed by atoms with van der Waals surface area (Å²) in [4.78, 5) is 13.0. The van der Waals surface area contributed by atoms with Crippen molar-refractivity contribution in [1.29, 1.82) is 0 Å². The normalized spacial score (nSPS) is 14.6. The molecule has 100 valence electrons. The number of amides is 1. The lowest BCUT2D eigenvalue weighted by Crippen LogP contribution is -2.25. The first-order valence-corrected chi connectivity index (χ1v) is 7.41. The Labute approximate surface area is 119 Å². The second-order valence-corrected chi connectivity index (χ2v) is 6.40. The standard InChI is InChI=1S/C13H13ClN2O2S/c14-12-4-3-9(19-12)5-6-15-13(17)10-7-11(18-16-10)8-1-2-8/h3-4,7-8H,1-2,5-6H2,(H,15,17). The van der Waals surface area contributed by atoms with Gasteiger partial charge in [-0.2, -0.15) is 0 Å². The molecular formula is C13H13ClN2O2S. The smallest absolute Gasteiger partial charge is 0.273 e. The van der Waals surface area contributed by atoms with Crippen LogP contribution in [0.4, 0.5) is 0 Å². The maximum atomic E-state index is 11.8. The number of nitrogens with one attached hydrogen (secondary N) is 1. The molecule has 0 aliphatic heterocycles. The monoisotopic (exact) mass is 296 g/mol. The van der Waals surface area contributed by atoms with Crippen molar-refractivity contribution in [3.63, 3.8) is 0 Å². The Bertz CT molecular complexity index is 589. The Kier molecular flexibility index (Phi) is 3.57. The molecule has 6 heteroatoms. The summed E-state index contributed by atoms with van der Waals surface area (Å²) in [5.74, 6) is 1.12. The summed E-state index contributed by atoms with van der Waals surface area (Å²) < 4.78 is 5.92. The molecule has 0 saturated heterocycles. The molecule has 1 aliphatic rings. The first-order chi connectivity index (χ1) is 9.22. The summed E-state index contributed by atoms with van der Waals surface area (Å²) >= 11 is 7.38. The van der Waals surface area contributed by atoms with E-state index in [0.29, 0.717) is 18.2 Å². The van der Waals surface area contributed by atoms with Crippen LogP contribution in [0.3, 0.4) is 0 Å². The Hall–Kier alpha value is -1.33. The van der Waals surface area contributed by atoms with Gasteiger partial charge in [-0.15, -0.1) is 11.3 Å². The highest BCUT2D eigenvalue weighted by Gasteiger charge is 2.28. The lowest BCUT2D eigenvalue weighted by atomic mass is 10.2. The van der Waals surface area contributed by atoms with Crippen molar-refractivity contribution >= 4 is 28.8 Å². The van der Waals surface area contributed by atoms with E-state index in [1.807, 2.05) is 12.1 Å². The van der Waals surface area contributed by atoms with E-state index < -0.39 is 0 Å². The van der Waals surface area contributed by atoms with Crippen LogP contribution in [0.2, 0.25) is 4.34 Å². The molecule has 2 heterocycles. The minimum atomic E-state index is -0.182. The van der Waals surface area contributed by atoms with Gasteiger partial charge in [0.1, 0.15) is 5.76 Å². The number of hydrogen-bond donors (Lipinski definition) is 1. The van der Waals surface area contributed by atoms with Crippen LogP contribution in [0.5, 0.6) is 0 Å². The van der Waals surface area contributed by atoms with Crippen LogP contribution in [-0.2, 0) is 6.42 Å². The van der Waals surface area contributed by atoms with Gasteiger partial charge in [-0.3, -0.25) is 4.79 Å². The quantitative estimate of drug-likeness (QED) is 0.921. The summed E-state index contributed by atoms with van der Waals surface area (Å²) in [7, 11) is 0. The molecular weight excluding hydrogens is 284 g/mol. The molecule has 1 N–H and O–H groups in total. The lowest BCUT2D eigenvalue weighted by molar-refractivity contribution is 0.0945. The van der Waals surface area contributed by atoms with Gasteiger partial charge in [-0.25, -0.2) is 0 Å². The van der Waals surface area contributed by atoms with E-state index in [2.05, 4.69) is 10.5 Å². The van der Waals surface area contributed by atoms with Crippen LogP contribution in [0, 0.1) is 0 Å². The van der Waals surface area contributed by atoms with E-state index in [-0.39, 0.29) is 5.91 Å². The van der Waals surface area contributed by atoms with E-state index >= 15 is 0 Å². The molecule has 2 aromatic rings. The number of carbonyl (C=O) groups is 1. The van der Waals surface area contributed by atoms with Gasteiger partial charge in [0.2, 0.25) is 0 Å². The average Bonchev–Trinajstić information content (AvgIpc) is 2.97. The van der Waals surface area contributed by atoms with Crippen LogP contribution in [0.1, 0.15) is 39.9 Å². The minimum Gasteiger partial charge on any atom is -0.360 e. The summed E-state index contributed by atoms with van der Waals surface area (Å²) in [5, 5.41) is 6.63. The highest BCUT2D eigenvalue weighted by molar-refractivity contribution is 7.16. The van der Waals surface area contributed by atoms with Gasteiger partial charge >= 0.3 is 0 Å². The fraction of sp³-hybridized carbons (Fsp3) is 0.385. The van der Waals surface area contributed by atoms with Crippen molar-refractivity contribution < 1.29 is 9.32 Å². The van der Waals surface area contributed by atoms with E-state index in [0.717, 1.165) is 34.2 Å². The molecule has 0 bridgehead atoms. The van der Waals surface area contributed by atoms with Crippen molar-refractivity contribution in [1.82, 2.24) is 10.5 Å². The first kappa shape index (κ1) is 12.7. The number of aromatic nitrogens is 1. The second kappa shape index (κ2) is 5.35. The highest BCUT2D eigenvalue weighted by atomic mass is 35.5. The van der Waals surface area contributed by atoms with Gasteiger partial charge in [-0.1, -0.05) is 16.8 Å². The minimum absolute atomic E-state index is 0.182. The molecule has 1 aliphatic carbocycles. The van der Waals surface area contributed by atoms with Gasteiger partial charge in [0, 0.05) is 23.4 Å². The van der Waals surface area contributed by atoms with Crippen molar-refractivity contribution in [3.8, 4) is 0 Å². The maximum Gasteiger partial charge on any atom is 0.273 e. The molecule has 1 amide bonds. The van der Waals surface area contributed by atoms with Crippen molar-refractivity contribution in [2.75, 3.05) is 6.54 Å². The third-order valence-corrected chi connectivity index (χ3v) is 4.32. The molecule has 0 aromatic carbocycles. The van der Waals surface area contributed by atoms with E-state index in [1.54, 1.807) is 6.07 Å². The molecule has 0 radical (unpaired) electrons. The van der Waals surface area contributed by atoms with E-state index in [9.17, 15) is 4.79 Å². The highest BCUT2D eigenvalue weighted by Crippen LogP contribution is 2.40. The van der Waals surface area contributed by atoms with Gasteiger partial charge in [0.05, 0.1) is 4.34 Å². The predicted molar refractivity (Wildman–Crippen MR) is 73.8 cm³/mol. The number of halogens is 1. The summed E-state index contributed by atoms with van der Waals surface area (Å²) in [5.41, 5.74) is 0.367. The van der Waals surface area contributed by atoms with Crippen LogP contribution in [0.15, 0.2) is 22.7 Å². The number of hydrogen-bond acceptors (Lipinski definition) is 4. The average molecular weight is 297 g/mol. The molecule has 0 unspecified atom stereocenters. The molecule has 1 fully saturated rings. The molecule has 4 nitrogen and oxygen atoms in total. The Morgan fingerprint density at radius 3 is 3.05 bits per heavy atom. The molecule has 0 atom stereocenters. The molecule has 3 rings (SSSR count). The van der Waals surface area contributed by atoms with Crippen molar-refractivity contribution in [2.24, 2.45) is 0 Å². The summed E-state index contributed by atoms with van der Waals surface area (Å²) in [6.45, 7) is 0.571. The van der Waals surface area contributed by atoms with Crippen LogP contribution >= 0.6 is 22.9 Å². The van der Waals surface area contributed by atoms with Gasteiger partial charge in [0.25, 0.3) is 5.91 Å². The third kappa shape index (κ3) is 3.16. The van der Waals surface area contributed by atoms with Crippen molar-refractivity contribution in [2.45, 2.75) is 25.2 Å². The molecule has 19 heavy (non-hydrogen) atoms. The number of carbonyl (C=O) groups excluding carboxylic acids is 1. The fourth-order valence-corrected chi connectivity index (χ4v) is 2.92. The van der Waals surface area contributed by atoms with Crippen molar-refractivity contribution in [3.05, 3.63) is 38.9 Å². The zero-order valence-corrected chi connectivity index (χ0v) is 11.8. The Morgan fingerprint density at radius 2 is 2.37 bits per heavy atom. The lowest BCUT2D eigenvalue weighted by Gasteiger charge is -2.00. The van der Waals surface area contributed by atoms with Gasteiger partial charge < -0.3 is 9.84 Å². The Morgan fingerprint density at radius 1 is 1.53 bits per heavy atom. The van der Waals surface area contributed by atoms with Gasteiger partial charge in [0.15, 0.2) is 5.69 Å². The molecule has 0 spiro atoms. The third-order valence-electron chi connectivity index (χ3n) is 3.03. The summed E-state index contributed by atoms with van der Waals surface area (Å²) in [6, 6.07) is 5.58. The summed E-state index contributed by atoms with van der Waals surface area (Å²) in [6.07, 6.45) is 3.04. The second-order valence-electron chi connectivity index (χ2n) is 4.60. The predicted octanol–water partition coefficient (Wildman–Crippen LogP) is 3.24. The zero-order valence-electron chi connectivity index (χ0n) is 10.2. The topological polar surface area (TPSA) is 55.1 Å². The van der Waals surface area contributed by atoms with Crippen LogP contribution in [0.25, 0.3) is 0 Å². The van der Waals surface area contributed by atoms with Gasteiger partial charge in [-0.05, 0) is 31.4 Å². The van der Waals surface area contributed by atoms with E-state index in [4.69, 9.17) is 16.1 Å².